The van der Waals surface area contributed by atoms with Gasteiger partial charge in [-0.05, 0) is 29.4 Å². The van der Waals surface area contributed by atoms with Gasteiger partial charge in [0.15, 0.2) is 0 Å². The Bertz CT molecular complexity index is 398. The minimum atomic E-state index is -0.810. The second-order valence-corrected chi connectivity index (χ2v) is 7.54. The molecule has 0 spiro atoms. The molecule has 0 aliphatic heterocycles. The molecule has 0 aliphatic carbocycles. The molecule has 1 aromatic carbocycles. The van der Waals surface area contributed by atoms with E-state index in [1.807, 2.05) is 0 Å². The molecule has 2 N–H and O–H groups in total. The Hall–Kier alpha value is -0.670. The summed E-state index contributed by atoms with van der Waals surface area (Å²) in [6.07, 6.45) is 1.01. The molecule has 0 bridgehead atoms. The lowest BCUT2D eigenvalue weighted by Gasteiger charge is -2.14. The summed E-state index contributed by atoms with van der Waals surface area (Å²) < 4.78 is 11.9. The molecule has 0 aliphatic rings. The van der Waals surface area contributed by atoms with E-state index in [9.17, 15) is 4.21 Å². The monoisotopic (exact) mass is 281 g/mol. The highest BCUT2D eigenvalue weighted by atomic mass is 32.2. The van der Waals surface area contributed by atoms with Crippen molar-refractivity contribution in [2.45, 2.75) is 46.1 Å². The fourth-order valence-corrected chi connectivity index (χ4v) is 3.37. The molecule has 1 rings (SSSR count). The number of benzene rings is 1. The Kier molecular flexibility index (Phi) is 6.73. The lowest BCUT2D eigenvalue weighted by atomic mass is 10.00. The van der Waals surface area contributed by atoms with Crippen LogP contribution in [0, 0.1) is 5.92 Å². The van der Waals surface area contributed by atoms with Crippen LogP contribution in [0.3, 0.4) is 0 Å². The summed E-state index contributed by atoms with van der Waals surface area (Å²) in [7, 11) is -0.810. The third-order valence-corrected chi connectivity index (χ3v) is 4.74. The summed E-state index contributed by atoms with van der Waals surface area (Å²) >= 11 is 0. The van der Waals surface area contributed by atoms with E-state index in [4.69, 9.17) is 5.73 Å². The highest BCUT2D eigenvalue weighted by Gasteiger charge is 2.11. The Balaban J connectivity index is 2.53. The van der Waals surface area contributed by atoms with Crippen molar-refractivity contribution < 1.29 is 4.21 Å². The third kappa shape index (κ3) is 5.87. The molecule has 19 heavy (non-hydrogen) atoms. The van der Waals surface area contributed by atoms with Crippen LogP contribution in [0.4, 0.5) is 0 Å². The van der Waals surface area contributed by atoms with Crippen LogP contribution in [-0.4, -0.2) is 15.7 Å². The van der Waals surface area contributed by atoms with Crippen molar-refractivity contribution in [3.63, 3.8) is 0 Å². The van der Waals surface area contributed by atoms with Crippen LogP contribution in [0.5, 0.6) is 0 Å². The fraction of sp³-hybridized carbons (Fsp3) is 0.625. The zero-order valence-corrected chi connectivity index (χ0v) is 13.4. The van der Waals surface area contributed by atoms with Crippen LogP contribution < -0.4 is 5.73 Å². The van der Waals surface area contributed by atoms with Crippen LogP contribution in [0.25, 0.3) is 0 Å². The Morgan fingerprint density at radius 3 is 2.05 bits per heavy atom. The van der Waals surface area contributed by atoms with Gasteiger partial charge >= 0.3 is 0 Å². The summed E-state index contributed by atoms with van der Waals surface area (Å²) in [6.45, 7) is 8.66. The normalized spacial score (nSPS) is 14.9. The number of hydrogen-bond acceptors (Lipinski definition) is 2. The summed E-state index contributed by atoms with van der Waals surface area (Å²) in [5, 5.41) is 0. The number of hydrogen-bond donors (Lipinski definition) is 1. The van der Waals surface area contributed by atoms with E-state index in [2.05, 4.69) is 52.0 Å². The minimum Gasteiger partial charge on any atom is -0.323 e. The maximum absolute atomic E-state index is 11.9. The fourth-order valence-electron chi connectivity index (χ4n) is 1.88. The van der Waals surface area contributed by atoms with Crippen molar-refractivity contribution in [3.05, 3.63) is 35.4 Å². The molecule has 0 radical (unpaired) electrons. The van der Waals surface area contributed by atoms with Crippen molar-refractivity contribution in [1.29, 1.82) is 0 Å². The molecule has 0 heterocycles. The molecule has 0 aromatic heterocycles. The molecule has 0 fully saturated rings. The van der Waals surface area contributed by atoms with Gasteiger partial charge in [0, 0.05) is 28.3 Å². The quantitative estimate of drug-likeness (QED) is 0.829. The van der Waals surface area contributed by atoms with E-state index in [-0.39, 0.29) is 6.04 Å². The van der Waals surface area contributed by atoms with Gasteiger partial charge in [0.2, 0.25) is 0 Å². The zero-order chi connectivity index (χ0) is 14.4. The van der Waals surface area contributed by atoms with Crippen molar-refractivity contribution in [3.8, 4) is 0 Å². The molecule has 3 heteroatoms. The van der Waals surface area contributed by atoms with Crippen molar-refractivity contribution in [2.24, 2.45) is 11.7 Å². The maximum Gasteiger partial charge on any atom is 0.0428 e. The largest absolute Gasteiger partial charge is 0.323 e. The van der Waals surface area contributed by atoms with Gasteiger partial charge in [-0.3, -0.25) is 4.21 Å². The van der Waals surface area contributed by atoms with Gasteiger partial charge < -0.3 is 5.73 Å². The van der Waals surface area contributed by atoms with Gasteiger partial charge in [0.1, 0.15) is 0 Å². The molecular weight excluding hydrogens is 254 g/mol. The molecule has 0 saturated heterocycles. The van der Waals surface area contributed by atoms with Crippen molar-refractivity contribution in [2.75, 3.05) is 11.5 Å². The highest BCUT2D eigenvalue weighted by molar-refractivity contribution is 7.85. The highest BCUT2D eigenvalue weighted by Crippen LogP contribution is 2.18. The summed E-state index contributed by atoms with van der Waals surface area (Å²) in [4.78, 5) is 0. The third-order valence-electron chi connectivity index (χ3n) is 3.32. The number of nitrogens with two attached hydrogens (primary N) is 1. The minimum absolute atomic E-state index is 0.116. The van der Waals surface area contributed by atoms with E-state index >= 15 is 0 Å². The molecule has 108 valence electrons. The lowest BCUT2D eigenvalue weighted by molar-refractivity contribution is 0.617. The first-order valence-corrected chi connectivity index (χ1v) is 8.59. The van der Waals surface area contributed by atoms with Gasteiger partial charge in [-0.15, -0.1) is 0 Å². The van der Waals surface area contributed by atoms with E-state index in [1.54, 1.807) is 0 Å². The van der Waals surface area contributed by atoms with Gasteiger partial charge in [-0.25, -0.2) is 0 Å². The van der Waals surface area contributed by atoms with Crippen LogP contribution in [0.1, 0.15) is 57.2 Å². The average Bonchev–Trinajstić information content (AvgIpc) is 2.36. The van der Waals surface area contributed by atoms with Crippen molar-refractivity contribution in [1.82, 2.24) is 0 Å². The van der Waals surface area contributed by atoms with Gasteiger partial charge in [-0.2, -0.15) is 0 Å². The first-order chi connectivity index (χ1) is 8.90. The summed E-state index contributed by atoms with van der Waals surface area (Å²) in [5.74, 6) is 2.46. The van der Waals surface area contributed by atoms with Crippen LogP contribution in [0.2, 0.25) is 0 Å². The topological polar surface area (TPSA) is 43.1 Å². The zero-order valence-electron chi connectivity index (χ0n) is 12.6. The Labute approximate surface area is 120 Å². The molecule has 1 aromatic rings. The lowest BCUT2D eigenvalue weighted by Crippen LogP contribution is -2.20. The van der Waals surface area contributed by atoms with E-state index in [0.717, 1.165) is 17.7 Å². The van der Waals surface area contributed by atoms with Gasteiger partial charge in [0.25, 0.3) is 0 Å². The van der Waals surface area contributed by atoms with E-state index in [0.29, 0.717) is 17.6 Å². The average molecular weight is 281 g/mol. The van der Waals surface area contributed by atoms with Gasteiger partial charge in [-0.1, -0.05) is 52.0 Å². The molecule has 0 amide bonds. The van der Waals surface area contributed by atoms with Gasteiger partial charge in [0.05, 0.1) is 0 Å². The Morgan fingerprint density at radius 2 is 1.58 bits per heavy atom. The summed E-state index contributed by atoms with van der Waals surface area (Å²) in [5.41, 5.74) is 8.54. The van der Waals surface area contributed by atoms with Crippen LogP contribution in [-0.2, 0) is 10.8 Å². The number of rotatable bonds is 7. The standard InChI is InChI=1S/C16H27NOS/c1-12(2)9-10-19(18)11-16(17)15-7-5-14(6-8-15)13(3)4/h5-8,12-13,16H,9-11,17H2,1-4H3. The molecular formula is C16H27NOS. The molecule has 2 atom stereocenters. The first-order valence-electron chi connectivity index (χ1n) is 7.10. The second-order valence-electron chi connectivity index (χ2n) is 5.92. The van der Waals surface area contributed by atoms with Crippen molar-refractivity contribution >= 4 is 10.8 Å². The van der Waals surface area contributed by atoms with E-state index < -0.39 is 10.8 Å². The predicted molar refractivity (Wildman–Crippen MR) is 84.8 cm³/mol. The molecule has 2 unspecified atom stereocenters. The SMILES string of the molecule is CC(C)CCS(=O)CC(N)c1ccc(C(C)C)cc1. The predicted octanol–water partition coefficient (Wildman–Crippen LogP) is 3.60. The first kappa shape index (κ1) is 16.4. The molecule has 2 nitrogen and oxygen atoms in total. The van der Waals surface area contributed by atoms with Crippen LogP contribution in [0.15, 0.2) is 24.3 Å². The van der Waals surface area contributed by atoms with E-state index in [1.165, 1.54) is 5.56 Å². The Morgan fingerprint density at radius 1 is 1.05 bits per heavy atom. The summed E-state index contributed by atoms with van der Waals surface area (Å²) in [6, 6.07) is 8.27. The van der Waals surface area contributed by atoms with Crippen LogP contribution >= 0.6 is 0 Å². The second kappa shape index (κ2) is 7.81. The molecule has 0 saturated carbocycles. The maximum atomic E-state index is 11.9. The smallest absolute Gasteiger partial charge is 0.0428 e.